The van der Waals surface area contributed by atoms with Crippen molar-refractivity contribution in [2.75, 3.05) is 0 Å². The van der Waals surface area contributed by atoms with Gasteiger partial charge in [-0.15, -0.1) is 0 Å². The number of carboxylic acid groups (broad SMARTS) is 1. The number of ether oxygens (including phenoxy) is 1. The standard InChI is InChI=1S/C13H17NO3/c14-11(8-13(15)16)10-6-1-2-7-12(10)17-9-4-3-5-9/h1-2,6-7,9,11H,3-5,8,14H2,(H,15,16). The van der Waals surface area contributed by atoms with Crippen molar-refractivity contribution in [2.24, 2.45) is 5.73 Å². The Balaban J connectivity index is 2.11. The normalized spacial score (nSPS) is 17.2. The lowest BCUT2D eigenvalue weighted by atomic mass is 9.95. The number of hydrogen-bond acceptors (Lipinski definition) is 3. The number of rotatable bonds is 5. The minimum Gasteiger partial charge on any atom is -0.490 e. The summed E-state index contributed by atoms with van der Waals surface area (Å²) in [5.41, 5.74) is 6.65. The molecule has 0 aliphatic heterocycles. The van der Waals surface area contributed by atoms with E-state index in [0.29, 0.717) is 0 Å². The van der Waals surface area contributed by atoms with Crippen LogP contribution in [0.2, 0.25) is 0 Å². The molecule has 1 atom stereocenters. The molecule has 0 heterocycles. The van der Waals surface area contributed by atoms with Crippen LogP contribution in [0.1, 0.15) is 37.3 Å². The summed E-state index contributed by atoms with van der Waals surface area (Å²) in [5.74, 6) is -0.165. The molecule has 1 unspecified atom stereocenters. The van der Waals surface area contributed by atoms with Crippen LogP contribution in [0.3, 0.4) is 0 Å². The maximum Gasteiger partial charge on any atom is 0.305 e. The van der Waals surface area contributed by atoms with Crippen molar-refractivity contribution < 1.29 is 14.6 Å². The van der Waals surface area contributed by atoms with Gasteiger partial charge in [0.05, 0.1) is 12.5 Å². The van der Waals surface area contributed by atoms with E-state index in [2.05, 4.69) is 0 Å². The first-order valence-corrected chi connectivity index (χ1v) is 5.90. The Morgan fingerprint density at radius 1 is 1.47 bits per heavy atom. The summed E-state index contributed by atoms with van der Waals surface area (Å²) in [6.07, 6.45) is 3.54. The van der Waals surface area contributed by atoms with Gasteiger partial charge in [-0.1, -0.05) is 18.2 Å². The number of para-hydroxylation sites is 1. The molecule has 4 heteroatoms. The molecule has 4 nitrogen and oxygen atoms in total. The fourth-order valence-corrected chi connectivity index (χ4v) is 1.86. The number of benzene rings is 1. The van der Waals surface area contributed by atoms with Crippen LogP contribution < -0.4 is 10.5 Å². The topological polar surface area (TPSA) is 72.6 Å². The third-order valence-electron chi connectivity index (χ3n) is 3.06. The molecule has 0 radical (unpaired) electrons. The Hall–Kier alpha value is -1.55. The third-order valence-corrected chi connectivity index (χ3v) is 3.06. The lowest BCUT2D eigenvalue weighted by Gasteiger charge is -2.28. The van der Waals surface area contributed by atoms with Crippen molar-refractivity contribution >= 4 is 5.97 Å². The number of nitrogens with two attached hydrogens (primary N) is 1. The predicted octanol–water partition coefficient (Wildman–Crippen LogP) is 2.09. The quantitative estimate of drug-likeness (QED) is 0.819. The molecule has 0 saturated heterocycles. The summed E-state index contributed by atoms with van der Waals surface area (Å²) in [6.45, 7) is 0. The van der Waals surface area contributed by atoms with E-state index in [-0.39, 0.29) is 12.5 Å². The fraction of sp³-hybridized carbons (Fsp3) is 0.462. The van der Waals surface area contributed by atoms with E-state index < -0.39 is 12.0 Å². The first kappa shape index (κ1) is 11.9. The SMILES string of the molecule is NC(CC(=O)O)c1ccccc1OC1CCC1. The lowest BCUT2D eigenvalue weighted by molar-refractivity contribution is -0.137. The minimum atomic E-state index is -0.893. The van der Waals surface area contributed by atoms with Gasteiger partial charge in [-0.25, -0.2) is 0 Å². The lowest BCUT2D eigenvalue weighted by Crippen LogP contribution is -2.26. The van der Waals surface area contributed by atoms with Gasteiger partial charge in [0.2, 0.25) is 0 Å². The van der Waals surface area contributed by atoms with E-state index in [9.17, 15) is 4.79 Å². The predicted molar refractivity (Wildman–Crippen MR) is 63.9 cm³/mol. The monoisotopic (exact) mass is 235 g/mol. The minimum absolute atomic E-state index is 0.0783. The molecule has 0 amide bonds. The van der Waals surface area contributed by atoms with Gasteiger partial charge in [0.1, 0.15) is 5.75 Å². The van der Waals surface area contributed by atoms with Crippen LogP contribution in [0, 0.1) is 0 Å². The zero-order valence-electron chi connectivity index (χ0n) is 9.63. The van der Waals surface area contributed by atoms with Crippen molar-refractivity contribution in [1.29, 1.82) is 0 Å². The average Bonchev–Trinajstić information content (AvgIpc) is 2.23. The second kappa shape index (κ2) is 5.19. The van der Waals surface area contributed by atoms with Crippen molar-refractivity contribution in [1.82, 2.24) is 0 Å². The molecule has 1 aliphatic carbocycles. The van der Waals surface area contributed by atoms with Crippen LogP contribution in [0.15, 0.2) is 24.3 Å². The smallest absolute Gasteiger partial charge is 0.305 e. The van der Waals surface area contributed by atoms with E-state index in [1.54, 1.807) is 0 Å². The first-order chi connectivity index (χ1) is 8.16. The Bertz CT molecular complexity index is 401. The third kappa shape index (κ3) is 2.97. The van der Waals surface area contributed by atoms with Crippen LogP contribution in [0.25, 0.3) is 0 Å². The molecule has 1 saturated carbocycles. The molecule has 1 aromatic rings. The molecule has 1 aliphatic rings. The molecule has 0 bridgehead atoms. The number of aliphatic carboxylic acids is 1. The van der Waals surface area contributed by atoms with E-state index in [1.807, 2.05) is 24.3 Å². The molecule has 1 aromatic carbocycles. The summed E-state index contributed by atoms with van der Waals surface area (Å²) in [6, 6.07) is 6.91. The van der Waals surface area contributed by atoms with Crippen LogP contribution in [-0.2, 0) is 4.79 Å². The van der Waals surface area contributed by atoms with Crippen LogP contribution in [-0.4, -0.2) is 17.2 Å². The second-order valence-corrected chi connectivity index (χ2v) is 4.41. The van der Waals surface area contributed by atoms with Crippen molar-refractivity contribution in [2.45, 2.75) is 37.8 Å². The molecule has 3 N–H and O–H groups in total. The highest BCUT2D eigenvalue weighted by Gasteiger charge is 2.22. The van der Waals surface area contributed by atoms with Crippen LogP contribution in [0.4, 0.5) is 0 Å². The van der Waals surface area contributed by atoms with Gasteiger partial charge in [-0.3, -0.25) is 4.79 Å². The largest absolute Gasteiger partial charge is 0.490 e. The van der Waals surface area contributed by atoms with Gasteiger partial charge in [-0.05, 0) is 25.3 Å². The Kier molecular flexibility index (Phi) is 3.64. The van der Waals surface area contributed by atoms with Gasteiger partial charge in [-0.2, -0.15) is 0 Å². The Morgan fingerprint density at radius 3 is 2.76 bits per heavy atom. The van der Waals surface area contributed by atoms with Gasteiger partial charge in [0.15, 0.2) is 0 Å². The summed E-state index contributed by atoms with van der Waals surface area (Å²) >= 11 is 0. The molecule has 0 aromatic heterocycles. The fourth-order valence-electron chi connectivity index (χ4n) is 1.86. The van der Waals surface area contributed by atoms with Gasteiger partial charge < -0.3 is 15.6 Å². The van der Waals surface area contributed by atoms with Gasteiger partial charge >= 0.3 is 5.97 Å². The Morgan fingerprint density at radius 2 is 2.18 bits per heavy atom. The van der Waals surface area contributed by atoms with E-state index in [0.717, 1.165) is 24.2 Å². The summed E-state index contributed by atoms with van der Waals surface area (Å²) in [5, 5.41) is 8.75. The highest BCUT2D eigenvalue weighted by Crippen LogP contribution is 2.30. The van der Waals surface area contributed by atoms with E-state index >= 15 is 0 Å². The van der Waals surface area contributed by atoms with Crippen molar-refractivity contribution in [3.8, 4) is 5.75 Å². The van der Waals surface area contributed by atoms with Gasteiger partial charge in [0.25, 0.3) is 0 Å². The molecular weight excluding hydrogens is 218 g/mol. The second-order valence-electron chi connectivity index (χ2n) is 4.41. The number of hydrogen-bond donors (Lipinski definition) is 2. The van der Waals surface area contributed by atoms with Gasteiger partial charge in [0, 0.05) is 11.6 Å². The van der Waals surface area contributed by atoms with Crippen molar-refractivity contribution in [3.05, 3.63) is 29.8 Å². The number of carboxylic acids is 1. The molecular formula is C13H17NO3. The first-order valence-electron chi connectivity index (χ1n) is 5.90. The maximum atomic E-state index is 10.7. The van der Waals surface area contributed by atoms with Crippen LogP contribution >= 0.6 is 0 Å². The molecule has 92 valence electrons. The van der Waals surface area contributed by atoms with E-state index in [4.69, 9.17) is 15.6 Å². The summed E-state index contributed by atoms with van der Waals surface area (Å²) < 4.78 is 5.81. The maximum absolute atomic E-state index is 10.7. The van der Waals surface area contributed by atoms with Crippen molar-refractivity contribution in [3.63, 3.8) is 0 Å². The number of carbonyl (C=O) groups is 1. The molecule has 2 rings (SSSR count). The molecule has 17 heavy (non-hydrogen) atoms. The van der Waals surface area contributed by atoms with Crippen LogP contribution in [0.5, 0.6) is 5.75 Å². The highest BCUT2D eigenvalue weighted by atomic mass is 16.5. The average molecular weight is 235 g/mol. The van der Waals surface area contributed by atoms with E-state index in [1.165, 1.54) is 6.42 Å². The zero-order chi connectivity index (χ0) is 12.3. The summed E-state index contributed by atoms with van der Waals surface area (Å²) in [4.78, 5) is 10.7. The molecule has 1 fully saturated rings. The highest BCUT2D eigenvalue weighted by molar-refractivity contribution is 5.68. The Labute approximate surface area is 100 Å². The zero-order valence-corrected chi connectivity index (χ0v) is 9.63. The summed E-state index contributed by atoms with van der Waals surface area (Å²) in [7, 11) is 0. The molecule has 0 spiro atoms.